The minimum Gasteiger partial charge on any atom is -0.441 e. The third kappa shape index (κ3) is 3.81. The quantitative estimate of drug-likeness (QED) is 0.753. The molecule has 0 aliphatic heterocycles. The second-order valence-corrected chi connectivity index (χ2v) is 5.57. The Kier molecular flexibility index (Phi) is 4.61. The summed E-state index contributed by atoms with van der Waals surface area (Å²) in [5.41, 5.74) is 3.48. The standard InChI is InChI=1S/C19H19N3O2/c1-13-7-6-10-16(11-13)21-19(23)20-12-17-14(2)24-18(22-17)15-8-4-3-5-9-15/h3-11H,12H2,1-2H3,(H2,20,21,23). The Balaban J connectivity index is 1.62. The van der Waals surface area contributed by atoms with Crippen LogP contribution < -0.4 is 10.6 Å². The Morgan fingerprint density at radius 3 is 2.62 bits per heavy atom. The molecule has 1 aromatic heterocycles. The molecule has 0 spiro atoms. The van der Waals surface area contributed by atoms with E-state index < -0.39 is 0 Å². The van der Waals surface area contributed by atoms with Gasteiger partial charge in [0.1, 0.15) is 11.5 Å². The maximum absolute atomic E-state index is 12.0. The van der Waals surface area contributed by atoms with E-state index in [9.17, 15) is 4.79 Å². The summed E-state index contributed by atoms with van der Waals surface area (Å²) in [7, 11) is 0. The number of nitrogens with zero attached hydrogens (tertiary/aromatic N) is 1. The summed E-state index contributed by atoms with van der Waals surface area (Å²) in [4.78, 5) is 16.5. The van der Waals surface area contributed by atoms with Crippen molar-refractivity contribution >= 4 is 11.7 Å². The molecule has 2 N–H and O–H groups in total. The molecular weight excluding hydrogens is 302 g/mol. The van der Waals surface area contributed by atoms with Gasteiger partial charge >= 0.3 is 6.03 Å². The lowest BCUT2D eigenvalue weighted by Gasteiger charge is -2.07. The fourth-order valence-corrected chi connectivity index (χ4v) is 2.36. The van der Waals surface area contributed by atoms with Gasteiger partial charge in [0.15, 0.2) is 0 Å². The molecule has 3 aromatic rings. The van der Waals surface area contributed by atoms with Gasteiger partial charge in [0.2, 0.25) is 5.89 Å². The van der Waals surface area contributed by atoms with E-state index in [0.717, 1.165) is 16.8 Å². The number of aryl methyl sites for hydroxylation is 2. The Labute approximate surface area is 140 Å². The largest absolute Gasteiger partial charge is 0.441 e. The van der Waals surface area contributed by atoms with E-state index in [4.69, 9.17) is 4.42 Å². The van der Waals surface area contributed by atoms with Crippen LogP contribution >= 0.6 is 0 Å². The Hall–Kier alpha value is -3.08. The predicted octanol–water partition coefficient (Wildman–Crippen LogP) is 4.28. The molecule has 0 fully saturated rings. The maximum atomic E-state index is 12.0. The third-order valence-corrected chi connectivity index (χ3v) is 3.61. The lowest BCUT2D eigenvalue weighted by molar-refractivity contribution is 0.251. The molecule has 1 heterocycles. The van der Waals surface area contributed by atoms with Crippen molar-refractivity contribution in [3.8, 4) is 11.5 Å². The van der Waals surface area contributed by atoms with Crippen LogP contribution in [0.1, 0.15) is 17.0 Å². The van der Waals surface area contributed by atoms with Crippen LogP contribution in [0, 0.1) is 13.8 Å². The van der Waals surface area contributed by atoms with Gasteiger partial charge in [0.25, 0.3) is 0 Å². The van der Waals surface area contributed by atoms with E-state index in [1.54, 1.807) is 0 Å². The Bertz CT molecular complexity index is 841. The van der Waals surface area contributed by atoms with Gasteiger partial charge in [0.05, 0.1) is 6.54 Å². The summed E-state index contributed by atoms with van der Waals surface area (Å²) in [6.45, 7) is 4.13. The molecule has 122 valence electrons. The molecule has 0 aliphatic rings. The van der Waals surface area contributed by atoms with Crippen LogP contribution in [0.2, 0.25) is 0 Å². The molecule has 2 amide bonds. The number of hydrogen-bond acceptors (Lipinski definition) is 3. The van der Waals surface area contributed by atoms with Crippen molar-refractivity contribution in [3.05, 3.63) is 71.6 Å². The third-order valence-electron chi connectivity index (χ3n) is 3.61. The zero-order valence-electron chi connectivity index (χ0n) is 13.7. The van der Waals surface area contributed by atoms with E-state index in [0.29, 0.717) is 23.9 Å². The highest BCUT2D eigenvalue weighted by molar-refractivity contribution is 5.89. The lowest BCUT2D eigenvalue weighted by atomic mass is 10.2. The highest BCUT2D eigenvalue weighted by Gasteiger charge is 2.12. The van der Waals surface area contributed by atoms with E-state index in [1.807, 2.05) is 68.4 Å². The molecule has 5 nitrogen and oxygen atoms in total. The Morgan fingerprint density at radius 2 is 1.88 bits per heavy atom. The highest BCUT2D eigenvalue weighted by Crippen LogP contribution is 2.21. The molecule has 0 unspecified atom stereocenters. The molecule has 24 heavy (non-hydrogen) atoms. The molecule has 0 aliphatic carbocycles. The van der Waals surface area contributed by atoms with Crippen LogP contribution in [0.3, 0.4) is 0 Å². The first-order chi connectivity index (χ1) is 11.6. The summed E-state index contributed by atoms with van der Waals surface area (Å²) in [6, 6.07) is 17.0. The number of rotatable bonds is 4. The molecule has 2 aromatic carbocycles. The van der Waals surface area contributed by atoms with Crippen molar-refractivity contribution in [3.63, 3.8) is 0 Å². The molecule has 5 heteroatoms. The fraction of sp³-hybridized carbons (Fsp3) is 0.158. The van der Waals surface area contributed by atoms with Gasteiger partial charge in [0, 0.05) is 11.3 Å². The van der Waals surface area contributed by atoms with Crippen molar-refractivity contribution in [2.75, 3.05) is 5.32 Å². The van der Waals surface area contributed by atoms with Gasteiger partial charge < -0.3 is 15.1 Å². The summed E-state index contributed by atoms with van der Waals surface area (Å²) >= 11 is 0. The number of carbonyl (C=O) groups is 1. The number of benzene rings is 2. The average Bonchev–Trinajstić information content (AvgIpc) is 2.95. The zero-order chi connectivity index (χ0) is 16.9. The van der Waals surface area contributed by atoms with E-state index in [-0.39, 0.29) is 6.03 Å². The van der Waals surface area contributed by atoms with Gasteiger partial charge in [-0.2, -0.15) is 0 Å². The maximum Gasteiger partial charge on any atom is 0.319 e. The summed E-state index contributed by atoms with van der Waals surface area (Å²) < 4.78 is 5.68. The van der Waals surface area contributed by atoms with Crippen LogP contribution in [-0.4, -0.2) is 11.0 Å². The van der Waals surface area contributed by atoms with Crippen LogP contribution in [0.5, 0.6) is 0 Å². The normalized spacial score (nSPS) is 10.4. The second-order valence-electron chi connectivity index (χ2n) is 5.57. The number of amides is 2. The van der Waals surface area contributed by atoms with Crippen LogP contribution in [0.25, 0.3) is 11.5 Å². The first-order valence-electron chi connectivity index (χ1n) is 7.75. The fourth-order valence-electron chi connectivity index (χ4n) is 2.36. The van der Waals surface area contributed by atoms with Crippen molar-refractivity contribution < 1.29 is 9.21 Å². The first kappa shape index (κ1) is 15.8. The second kappa shape index (κ2) is 7.00. The molecular formula is C19H19N3O2. The Morgan fingerprint density at radius 1 is 1.08 bits per heavy atom. The highest BCUT2D eigenvalue weighted by atomic mass is 16.4. The number of urea groups is 1. The lowest BCUT2D eigenvalue weighted by Crippen LogP contribution is -2.28. The topological polar surface area (TPSA) is 67.2 Å². The monoisotopic (exact) mass is 321 g/mol. The minimum absolute atomic E-state index is 0.274. The number of oxazole rings is 1. The van der Waals surface area contributed by atoms with Gasteiger partial charge in [-0.25, -0.2) is 9.78 Å². The predicted molar refractivity (Wildman–Crippen MR) is 93.7 cm³/mol. The number of hydrogen-bond donors (Lipinski definition) is 2. The average molecular weight is 321 g/mol. The van der Waals surface area contributed by atoms with Gasteiger partial charge in [-0.1, -0.05) is 30.3 Å². The number of aromatic nitrogens is 1. The van der Waals surface area contributed by atoms with E-state index in [2.05, 4.69) is 15.6 Å². The van der Waals surface area contributed by atoms with Crippen molar-refractivity contribution in [2.45, 2.75) is 20.4 Å². The van der Waals surface area contributed by atoms with Crippen molar-refractivity contribution in [1.82, 2.24) is 10.3 Å². The van der Waals surface area contributed by atoms with Crippen LogP contribution in [0.15, 0.2) is 59.0 Å². The number of anilines is 1. The molecule has 3 rings (SSSR count). The van der Waals surface area contributed by atoms with Gasteiger partial charge in [-0.15, -0.1) is 0 Å². The molecule has 0 bridgehead atoms. The summed E-state index contributed by atoms with van der Waals surface area (Å²) in [5, 5.41) is 5.60. The molecule has 0 radical (unpaired) electrons. The number of nitrogens with one attached hydrogen (secondary N) is 2. The zero-order valence-corrected chi connectivity index (χ0v) is 13.7. The van der Waals surface area contributed by atoms with Gasteiger partial charge in [-0.05, 0) is 43.7 Å². The number of carbonyl (C=O) groups excluding carboxylic acids is 1. The minimum atomic E-state index is -0.274. The summed E-state index contributed by atoms with van der Waals surface area (Å²) in [6.07, 6.45) is 0. The molecule has 0 atom stereocenters. The molecule has 0 saturated carbocycles. The summed E-state index contributed by atoms with van der Waals surface area (Å²) in [5.74, 6) is 1.26. The SMILES string of the molecule is Cc1cccc(NC(=O)NCc2nc(-c3ccccc3)oc2C)c1. The van der Waals surface area contributed by atoms with E-state index in [1.165, 1.54) is 0 Å². The van der Waals surface area contributed by atoms with Crippen molar-refractivity contribution in [2.24, 2.45) is 0 Å². The molecule has 0 saturated heterocycles. The van der Waals surface area contributed by atoms with Crippen LogP contribution in [0.4, 0.5) is 10.5 Å². The van der Waals surface area contributed by atoms with Gasteiger partial charge in [-0.3, -0.25) is 0 Å². The first-order valence-corrected chi connectivity index (χ1v) is 7.75. The van der Waals surface area contributed by atoms with Crippen molar-refractivity contribution in [1.29, 1.82) is 0 Å². The van der Waals surface area contributed by atoms with E-state index >= 15 is 0 Å². The van der Waals surface area contributed by atoms with Crippen LogP contribution in [-0.2, 0) is 6.54 Å². The smallest absolute Gasteiger partial charge is 0.319 e.